The van der Waals surface area contributed by atoms with Crippen molar-refractivity contribution in [3.05, 3.63) is 35.9 Å². The van der Waals surface area contributed by atoms with Crippen molar-refractivity contribution < 1.29 is 9.59 Å². The summed E-state index contributed by atoms with van der Waals surface area (Å²) in [6.45, 7) is 6.52. The molecule has 3 amide bonds. The Morgan fingerprint density at radius 3 is 2.33 bits per heavy atom. The number of likely N-dealkylation sites (N-methyl/N-ethyl adjacent to an activating group) is 1. The molecular formula is C19H27N3O2. The van der Waals surface area contributed by atoms with E-state index in [0.29, 0.717) is 12.6 Å². The second-order valence-electron chi connectivity index (χ2n) is 7.04. The normalized spacial score (nSPS) is 22.5. The minimum atomic E-state index is -0.643. The summed E-state index contributed by atoms with van der Waals surface area (Å²) in [7, 11) is 1.78. The van der Waals surface area contributed by atoms with Crippen LogP contribution in [0.15, 0.2) is 30.3 Å². The van der Waals surface area contributed by atoms with Crippen LogP contribution in [0.25, 0.3) is 0 Å². The molecular weight excluding hydrogens is 302 g/mol. The lowest BCUT2D eigenvalue weighted by Gasteiger charge is -2.42. The minimum Gasteiger partial charge on any atom is -0.312 e. The smallest absolute Gasteiger partial charge is 0.312 e. The molecule has 0 unspecified atom stereocenters. The van der Waals surface area contributed by atoms with E-state index in [1.165, 1.54) is 4.90 Å². The van der Waals surface area contributed by atoms with Crippen molar-refractivity contribution in [1.29, 1.82) is 0 Å². The van der Waals surface area contributed by atoms with Crippen LogP contribution in [0.2, 0.25) is 0 Å². The third-order valence-electron chi connectivity index (χ3n) is 5.83. The maximum atomic E-state index is 13.1. The Bertz CT molecular complexity index is 608. The second-order valence-corrected chi connectivity index (χ2v) is 7.04. The van der Waals surface area contributed by atoms with E-state index in [2.05, 4.69) is 18.7 Å². The highest BCUT2D eigenvalue weighted by molar-refractivity contribution is 6.06. The fraction of sp³-hybridized carbons (Fsp3) is 0.579. The monoisotopic (exact) mass is 329 g/mol. The zero-order valence-electron chi connectivity index (χ0n) is 14.9. The highest BCUT2D eigenvalue weighted by Gasteiger charge is 2.56. The zero-order chi connectivity index (χ0) is 17.3. The van der Waals surface area contributed by atoms with Crippen molar-refractivity contribution >= 4 is 11.9 Å². The molecule has 2 aliphatic heterocycles. The number of piperidine rings is 1. The quantitative estimate of drug-likeness (QED) is 0.798. The summed E-state index contributed by atoms with van der Waals surface area (Å²) in [4.78, 5) is 31.3. The van der Waals surface area contributed by atoms with Gasteiger partial charge in [0, 0.05) is 26.2 Å². The molecule has 0 N–H and O–H groups in total. The van der Waals surface area contributed by atoms with Crippen LogP contribution in [0.1, 0.15) is 38.7 Å². The van der Waals surface area contributed by atoms with Gasteiger partial charge in [0.2, 0.25) is 0 Å². The van der Waals surface area contributed by atoms with Crippen molar-refractivity contribution in [3.8, 4) is 0 Å². The van der Waals surface area contributed by atoms with Crippen LogP contribution in [-0.2, 0) is 11.3 Å². The molecule has 24 heavy (non-hydrogen) atoms. The fourth-order valence-corrected chi connectivity index (χ4v) is 3.89. The summed E-state index contributed by atoms with van der Waals surface area (Å²) in [6.07, 6.45) is 2.56. The van der Waals surface area contributed by atoms with E-state index in [9.17, 15) is 9.59 Å². The van der Waals surface area contributed by atoms with Gasteiger partial charge >= 0.3 is 6.03 Å². The van der Waals surface area contributed by atoms with Gasteiger partial charge in [0.1, 0.15) is 5.54 Å². The Labute approximate surface area is 144 Å². The van der Waals surface area contributed by atoms with Crippen LogP contribution >= 0.6 is 0 Å². The Hall–Kier alpha value is -1.88. The van der Waals surface area contributed by atoms with Crippen LogP contribution in [-0.4, -0.2) is 58.4 Å². The number of benzene rings is 1. The lowest BCUT2D eigenvalue weighted by Crippen LogP contribution is -2.56. The van der Waals surface area contributed by atoms with E-state index < -0.39 is 5.54 Å². The molecule has 2 fully saturated rings. The number of nitrogens with zero attached hydrogens (tertiary/aromatic N) is 3. The largest absolute Gasteiger partial charge is 0.327 e. The number of hydrogen-bond acceptors (Lipinski definition) is 3. The lowest BCUT2D eigenvalue weighted by molar-refractivity contribution is -0.135. The van der Waals surface area contributed by atoms with Gasteiger partial charge in [-0.3, -0.25) is 9.69 Å². The Morgan fingerprint density at radius 1 is 1.12 bits per heavy atom. The van der Waals surface area contributed by atoms with Crippen LogP contribution in [0, 0.1) is 0 Å². The predicted octanol–water partition coefficient (Wildman–Crippen LogP) is 2.71. The molecule has 0 bridgehead atoms. The third-order valence-corrected chi connectivity index (χ3v) is 5.83. The van der Waals surface area contributed by atoms with Gasteiger partial charge in [0.25, 0.3) is 5.91 Å². The number of carbonyl (C=O) groups is 2. The van der Waals surface area contributed by atoms with Crippen LogP contribution in [0.3, 0.4) is 0 Å². The molecule has 5 nitrogen and oxygen atoms in total. The van der Waals surface area contributed by atoms with E-state index in [1.807, 2.05) is 30.3 Å². The van der Waals surface area contributed by atoms with Gasteiger partial charge in [-0.25, -0.2) is 4.79 Å². The molecule has 3 rings (SSSR count). The molecule has 1 atom stereocenters. The third kappa shape index (κ3) is 2.71. The Balaban J connectivity index is 1.76. The molecule has 1 spiro atoms. The maximum absolute atomic E-state index is 13.1. The summed E-state index contributed by atoms with van der Waals surface area (Å²) < 4.78 is 0. The Kier molecular flexibility index (Phi) is 4.63. The minimum absolute atomic E-state index is 0.0253. The molecule has 5 heteroatoms. The van der Waals surface area contributed by atoms with Crippen molar-refractivity contribution in [3.63, 3.8) is 0 Å². The average molecular weight is 329 g/mol. The van der Waals surface area contributed by atoms with E-state index >= 15 is 0 Å². The zero-order valence-corrected chi connectivity index (χ0v) is 14.9. The van der Waals surface area contributed by atoms with Crippen LogP contribution in [0.4, 0.5) is 4.79 Å². The number of urea groups is 1. The lowest BCUT2D eigenvalue weighted by atomic mass is 9.85. The van der Waals surface area contributed by atoms with E-state index in [-0.39, 0.29) is 11.9 Å². The van der Waals surface area contributed by atoms with Gasteiger partial charge in [-0.1, -0.05) is 37.3 Å². The van der Waals surface area contributed by atoms with Gasteiger partial charge in [-0.05, 0) is 31.7 Å². The molecule has 0 aromatic heterocycles. The van der Waals surface area contributed by atoms with Gasteiger partial charge in [-0.2, -0.15) is 0 Å². The van der Waals surface area contributed by atoms with Crippen LogP contribution < -0.4 is 0 Å². The van der Waals surface area contributed by atoms with Crippen molar-refractivity contribution in [2.75, 3.05) is 20.1 Å². The number of likely N-dealkylation sites (tertiary alicyclic amines) is 1. The molecule has 2 saturated heterocycles. The highest BCUT2D eigenvalue weighted by atomic mass is 16.2. The molecule has 130 valence electrons. The number of rotatable bonds is 4. The van der Waals surface area contributed by atoms with Crippen molar-refractivity contribution in [2.45, 2.75) is 51.2 Å². The van der Waals surface area contributed by atoms with E-state index in [0.717, 1.165) is 37.9 Å². The van der Waals surface area contributed by atoms with Gasteiger partial charge in [0.05, 0.1) is 6.54 Å². The average Bonchev–Trinajstić information content (AvgIpc) is 2.79. The molecule has 0 radical (unpaired) electrons. The first-order valence-corrected chi connectivity index (χ1v) is 8.87. The topological polar surface area (TPSA) is 43.9 Å². The van der Waals surface area contributed by atoms with E-state index in [4.69, 9.17) is 0 Å². The maximum Gasteiger partial charge on any atom is 0.327 e. The van der Waals surface area contributed by atoms with Gasteiger partial charge in [-0.15, -0.1) is 0 Å². The predicted molar refractivity (Wildman–Crippen MR) is 93.4 cm³/mol. The SMILES string of the molecule is CC[C@H](C)N1CCC2(CC1)C(=O)N(Cc1ccccc1)C(=O)N2C. The first-order chi connectivity index (χ1) is 11.5. The molecule has 2 heterocycles. The molecule has 2 aliphatic rings. The highest BCUT2D eigenvalue weighted by Crippen LogP contribution is 2.37. The molecule has 1 aromatic rings. The van der Waals surface area contributed by atoms with Crippen LogP contribution in [0.5, 0.6) is 0 Å². The number of amides is 3. The second kappa shape index (κ2) is 6.55. The standard InChI is InChI=1S/C19H27N3O2/c1-4-15(2)21-12-10-19(11-13-21)17(23)22(18(24)20(19)3)14-16-8-6-5-7-9-16/h5-9,15H,4,10-14H2,1-3H3/t15-/m0/s1. The first kappa shape index (κ1) is 17.0. The number of imide groups is 1. The Morgan fingerprint density at radius 2 is 1.75 bits per heavy atom. The first-order valence-electron chi connectivity index (χ1n) is 8.87. The molecule has 0 aliphatic carbocycles. The molecule has 1 aromatic carbocycles. The summed E-state index contributed by atoms with van der Waals surface area (Å²) in [6, 6.07) is 10.1. The van der Waals surface area contributed by atoms with Gasteiger partial charge < -0.3 is 9.80 Å². The summed E-state index contributed by atoms with van der Waals surface area (Å²) in [5.74, 6) is -0.0253. The number of carbonyl (C=O) groups excluding carboxylic acids is 2. The van der Waals surface area contributed by atoms with Crippen molar-refractivity contribution in [1.82, 2.24) is 14.7 Å². The van der Waals surface area contributed by atoms with Gasteiger partial charge in [0.15, 0.2) is 0 Å². The van der Waals surface area contributed by atoms with E-state index in [1.54, 1.807) is 11.9 Å². The number of hydrogen-bond donors (Lipinski definition) is 0. The van der Waals surface area contributed by atoms with Crippen molar-refractivity contribution in [2.24, 2.45) is 0 Å². The summed E-state index contributed by atoms with van der Waals surface area (Å²) >= 11 is 0. The fourth-order valence-electron chi connectivity index (χ4n) is 3.89. The summed E-state index contributed by atoms with van der Waals surface area (Å²) in [5, 5.41) is 0. The summed E-state index contributed by atoms with van der Waals surface area (Å²) in [5.41, 5.74) is 0.345. The molecule has 0 saturated carbocycles.